The van der Waals surface area contributed by atoms with E-state index in [2.05, 4.69) is 18.7 Å². The fourth-order valence-electron chi connectivity index (χ4n) is 1.84. The quantitative estimate of drug-likeness (QED) is 0.213. The average molecular weight is 230 g/mol. The van der Waals surface area contributed by atoms with E-state index in [9.17, 15) is 5.11 Å². The molecule has 0 saturated carbocycles. The third kappa shape index (κ3) is 8.15. The standard InChI is InChI=1S/C15H20O.2Li/c1-3-4-6-11-15(12-13(2)16)14-9-7-5-8-10-14;;/h3,5,7-10,13H,1,4,6,11-12H2,2H3;;/q-2;2*+1/t13-;;/m0../s1. The van der Waals surface area contributed by atoms with E-state index in [0.717, 1.165) is 19.3 Å². The van der Waals surface area contributed by atoms with Gasteiger partial charge in [-0.05, 0) is 6.42 Å². The summed E-state index contributed by atoms with van der Waals surface area (Å²) in [6.45, 7) is 5.45. The van der Waals surface area contributed by atoms with Crippen molar-refractivity contribution in [2.75, 3.05) is 0 Å². The Morgan fingerprint density at radius 1 is 1.28 bits per heavy atom. The second-order valence-corrected chi connectivity index (χ2v) is 4.17. The molecule has 18 heavy (non-hydrogen) atoms. The molecule has 88 valence electrons. The summed E-state index contributed by atoms with van der Waals surface area (Å²) in [5, 5.41) is 11.3. The van der Waals surface area contributed by atoms with Crippen molar-refractivity contribution >= 4 is 0 Å². The Bertz CT molecular complexity index is 299. The van der Waals surface area contributed by atoms with Gasteiger partial charge in [-0.25, -0.2) is 0 Å². The maximum Gasteiger partial charge on any atom is 1.00 e. The van der Waals surface area contributed by atoms with Crippen molar-refractivity contribution in [3.8, 4) is 0 Å². The Labute approximate surface area is 135 Å². The van der Waals surface area contributed by atoms with Crippen molar-refractivity contribution in [2.24, 2.45) is 0 Å². The monoisotopic (exact) mass is 230 g/mol. The summed E-state index contributed by atoms with van der Waals surface area (Å²) in [7, 11) is 0. The van der Waals surface area contributed by atoms with Crippen molar-refractivity contribution in [2.45, 2.75) is 38.7 Å². The van der Waals surface area contributed by atoms with Crippen LogP contribution in [0, 0.1) is 5.92 Å². The second kappa shape index (κ2) is 12.0. The summed E-state index contributed by atoms with van der Waals surface area (Å²) in [6.07, 6.45) is 5.18. The van der Waals surface area contributed by atoms with Crippen LogP contribution in [0.4, 0.5) is 0 Å². The molecule has 0 heterocycles. The van der Waals surface area contributed by atoms with Crippen molar-refractivity contribution in [1.29, 1.82) is 0 Å². The van der Waals surface area contributed by atoms with Gasteiger partial charge in [0.15, 0.2) is 0 Å². The Morgan fingerprint density at radius 2 is 1.89 bits per heavy atom. The molecule has 0 aliphatic rings. The molecule has 0 aliphatic heterocycles. The van der Waals surface area contributed by atoms with E-state index in [0.29, 0.717) is 6.42 Å². The third-order valence-corrected chi connectivity index (χ3v) is 2.60. The van der Waals surface area contributed by atoms with E-state index < -0.39 is 6.10 Å². The minimum Gasteiger partial charge on any atom is -0.853 e. The minimum atomic E-state index is -0.515. The SMILES string of the molecule is C=CCCC[C-](C[C@H](C)[O-])c1ccccc1.[Li+].[Li+]. The predicted molar refractivity (Wildman–Crippen MR) is 66.9 cm³/mol. The van der Waals surface area contributed by atoms with Gasteiger partial charge in [-0.3, -0.25) is 0 Å². The number of hydrogen-bond donors (Lipinski definition) is 0. The Morgan fingerprint density at radius 3 is 2.39 bits per heavy atom. The molecule has 1 aromatic rings. The van der Waals surface area contributed by atoms with Crippen molar-refractivity contribution < 1.29 is 42.8 Å². The number of benzene rings is 1. The van der Waals surface area contributed by atoms with Gasteiger partial charge in [0.25, 0.3) is 0 Å². The molecular weight excluding hydrogens is 210 g/mol. The van der Waals surface area contributed by atoms with Crippen LogP contribution in [0.1, 0.15) is 38.2 Å². The Kier molecular flexibility index (Phi) is 13.6. The molecule has 0 amide bonds. The van der Waals surface area contributed by atoms with Crippen LogP contribution in [0.2, 0.25) is 0 Å². The number of hydrogen-bond acceptors (Lipinski definition) is 1. The van der Waals surface area contributed by atoms with E-state index in [1.807, 2.05) is 24.3 Å². The van der Waals surface area contributed by atoms with Gasteiger partial charge in [0.1, 0.15) is 0 Å². The van der Waals surface area contributed by atoms with Crippen LogP contribution >= 0.6 is 0 Å². The van der Waals surface area contributed by atoms with Crippen molar-refractivity contribution in [3.05, 3.63) is 54.5 Å². The zero-order valence-corrected chi connectivity index (χ0v) is 12.0. The summed E-state index contributed by atoms with van der Waals surface area (Å²) < 4.78 is 0. The van der Waals surface area contributed by atoms with E-state index in [1.54, 1.807) is 6.92 Å². The number of allylic oxidation sites excluding steroid dienone is 1. The molecule has 0 radical (unpaired) electrons. The van der Waals surface area contributed by atoms with Gasteiger partial charge in [0, 0.05) is 0 Å². The van der Waals surface area contributed by atoms with Crippen molar-refractivity contribution in [1.82, 2.24) is 0 Å². The van der Waals surface area contributed by atoms with Gasteiger partial charge in [-0.15, -0.1) is 24.8 Å². The molecule has 0 unspecified atom stereocenters. The van der Waals surface area contributed by atoms with E-state index in [1.165, 1.54) is 11.5 Å². The number of rotatable bonds is 7. The molecule has 0 spiro atoms. The first kappa shape index (κ1) is 20.3. The number of unbranched alkanes of at least 4 members (excludes halogenated alkanes) is 1. The molecule has 0 saturated heterocycles. The molecule has 1 aromatic carbocycles. The van der Waals surface area contributed by atoms with Crippen LogP contribution in [0.25, 0.3) is 0 Å². The molecule has 0 N–H and O–H groups in total. The van der Waals surface area contributed by atoms with Crippen LogP contribution in [-0.4, -0.2) is 6.10 Å². The second-order valence-electron chi connectivity index (χ2n) is 4.17. The summed E-state index contributed by atoms with van der Waals surface area (Å²) in [4.78, 5) is 0. The zero-order valence-electron chi connectivity index (χ0n) is 12.0. The zero-order chi connectivity index (χ0) is 11.8. The average Bonchev–Trinajstić information content (AvgIpc) is 2.29. The first-order valence-electron chi connectivity index (χ1n) is 5.91. The van der Waals surface area contributed by atoms with Crippen LogP contribution in [0.3, 0.4) is 0 Å². The molecule has 0 bridgehead atoms. The summed E-state index contributed by atoms with van der Waals surface area (Å²) in [5.41, 5.74) is 1.22. The minimum absolute atomic E-state index is 0. The molecule has 1 atom stereocenters. The van der Waals surface area contributed by atoms with Crippen LogP contribution in [0.15, 0.2) is 43.0 Å². The fraction of sp³-hybridized carbons (Fsp3) is 0.400. The van der Waals surface area contributed by atoms with Gasteiger partial charge < -0.3 is 5.11 Å². The van der Waals surface area contributed by atoms with Gasteiger partial charge >= 0.3 is 37.7 Å². The molecule has 0 fully saturated rings. The Hall–Kier alpha value is -0.0152. The molecule has 0 aromatic heterocycles. The maximum absolute atomic E-state index is 11.3. The van der Waals surface area contributed by atoms with Gasteiger partial charge in [0.05, 0.1) is 0 Å². The summed E-state index contributed by atoms with van der Waals surface area (Å²) >= 11 is 0. The van der Waals surface area contributed by atoms with Crippen LogP contribution < -0.4 is 42.8 Å². The normalized spacial score (nSPS) is 10.8. The third-order valence-electron chi connectivity index (χ3n) is 2.60. The molecule has 0 aliphatic carbocycles. The van der Waals surface area contributed by atoms with Gasteiger partial charge in [0.2, 0.25) is 0 Å². The largest absolute Gasteiger partial charge is 1.00 e. The van der Waals surface area contributed by atoms with E-state index >= 15 is 0 Å². The summed E-state index contributed by atoms with van der Waals surface area (Å²) in [5.74, 6) is 1.28. The van der Waals surface area contributed by atoms with E-state index in [4.69, 9.17) is 0 Å². The smallest absolute Gasteiger partial charge is 0.853 e. The van der Waals surface area contributed by atoms with Crippen LogP contribution in [0.5, 0.6) is 0 Å². The first-order chi connectivity index (χ1) is 7.74. The molecule has 1 nitrogen and oxygen atoms in total. The molecule has 3 heteroatoms. The summed E-state index contributed by atoms with van der Waals surface area (Å²) in [6, 6.07) is 10.2. The fourth-order valence-corrected chi connectivity index (χ4v) is 1.84. The topological polar surface area (TPSA) is 23.1 Å². The van der Waals surface area contributed by atoms with Crippen LogP contribution in [-0.2, 0) is 0 Å². The first-order valence-corrected chi connectivity index (χ1v) is 5.91. The van der Waals surface area contributed by atoms with Gasteiger partial charge in [-0.1, -0.05) is 38.3 Å². The maximum atomic E-state index is 11.3. The van der Waals surface area contributed by atoms with Gasteiger partial charge in [-0.2, -0.15) is 23.6 Å². The van der Waals surface area contributed by atoms with E-state index in [-0.39, 0.29) is 37.7 Å². The Balaban J connectivity index is 0. The predicted octanol–water partition coefficient (Wildman–Crippen LogP) is -2.89. The molecule has 1 rings (SSSR count). The molecular formula is C15H20Li2O. The van der Waals surface area contributed by atoms with Crippen molar-refractivity contribution in [3.63, 3.8) is 0 Å².